The maximum absolute atomic E-state index is 3.34. The lowest BCUT2D eigenvalue weighted by molar-refractivity contribution is 0.0790. The zero-order chi connectivity index (χ0) is 12.3. The van der Waals surface area contributed by atoms with Crippen LogP contribution in [0, 0.1) is 17.3 Å². The molecule has 2 heterocycles. The standard InChI is InChI=1S/C14H25N3/c1-14(2,3)5-4-6-16-7-9-17(10-8-16)13-11-15-12-13/h13,15H,6-12H2,1-3H3. The second-order valence-electron chi connectivity index (χ2n) is 6.18. The average molecular weight is 235 g/mol. The number of nitrogens with one attached hydrogen (secondary N) is 1. The first-order valence-corrected chi connectivity index (χ1v) is 6.72. The molecule has 1 N–H and O–H groups in total. The lowest BCUT2D eigenvalue weighted by atomic mass is 9.98. The molecule has 2 aliphatic heterocycles. The van der Waals surface area contributed by atoms with Crippen LogP contribution in [0.3, 0.4) is 0 Å². The quantitative estimate of drug-likeness (QED) is 0.708. The van der Waals surface area contributed by atoms with Crippen molar-refractivity contribution in [3.63, 3.8) is 0 Å². The first kappa shape index (κ1) is 12.9. The Morgan fingerprint density at radius 2 is 1.76 bits per heavy atom. The summed E-state index contributed by atoms with van der Waals surface area (Å²) in [7, 11) is 0. The fourth-order valence-electron chi connectivity index (χ4n) is 2.23. The second-order valence-corrected chi connectivity index (χ2v) is 6.18. The maximum Gasteiger partial charge on any atom is 0.0602 e. The lowest BCUT2D eigenvalue weighted by Crippen LogP contribution is -2.61. The van der Waals surface area contributed by atoms with Gasteiger partial charge in [0.25, 0.3) is 0 Å². The maximum atomic E-state index is 3.34. The Balaban J connectivity index is 1.69. The van der Waals surface area contributed by atoms with Crippen molar-refractivity contribution in [2.75, 3.05) is 45.8 Å². The summed E-state index contributed by atoms with van der Waals surface area (Å²) in [5.74, 6) is 6.62. The third kappa shape index (κ3) is 3.99. The Kier molecular flexibility index (Phi) is 4.09. The Bertz CT molecular complexity index is 296. The Morgan fingerprint density at radius 1 is 1.12 bits per heavy atom. The van der Waals surface area contributed by atoms with E-state index < -0.39 is 0 Å². The minimum Gasteiger partial charge on any atom is -0.314 e. The van der Waals surface area contributed by atoms with Gasteiger partial charge in [0.15, 0.2) is 0 Å². The molecule has 0 aromatic carbocycles. The first-order chi connectivity index (χ1) is 8.04. The molecule has 3 heteroatoms. The zero-order valence-electron chi connectivity index (χ0n) is 11.4. The van der Waals surface area contributed by atoms with Crippen LogP contribution in [0.25, 0.3) is 0 Å². The highest BCUT2D eigenvalue weighted by Gasteiger charge is 2.27. The van der Waals surface area contributed by atoms with Crippen molar-refractivity contribution in [1.82, 2.24) is 15.1 Å². The van der Waals surface area contributed by atoms with Gasteiger partial charge in [-0.2, -0.15) is 0 Å². The van der Waals surface area contributed by atoms with E-state index in [9.17, 15) is 0 Å². The van der Waals surface area contributed by atoms with Gasteiger partial charge in [0.2, 0.25) is 0 Å². The van der Waals surface area contributed by atoms with Crippen molar-refractivity contribution in [2.24, 2.45) is 5.41 Å². The summed E-state index contributed by atoms with van der Waals surface area (Å²) in [6.45, 7) is 14.6. The van der Waals surface area contributed by atoms with Crippen LogP contribution in [0.1, 0.15) is 20.8 Å². The topological polar surface area (TPSA) is 18.5 Å². The third-order valence-corrected chi connectivity index (χ3v) is 3.45. The van der Waals surface area contributed by atoms with E-state index in [0.29, 0.717) is 0 Å². The van der Waals surface area contributed by atoms with Crippen LogP contribution >= 0.6 is 0 Å². The third-order valence-electron chi connectivity index (χ3n) is 3.45. The predicted molar refractivity (Wildman–Crippen MR) is 71.9 cm³/mol. The molecule has 17 heavy (non-hydrogen) atoms. The summed E-state index contributed by atoms with van der Waals surface area (Å²) in [6, 6.07) is 0.804. The summed E-state index contributed by atoms with van der Waals surface area (Å²) in [5.41, 5.74) is 0.138. The van der Waals surface area contributed by atoms with E-state index in [1.165, 1.54) is 39.3 Å². The van der Waals surface area contributed by atoms with E-state index in [1.54, 1.807) is 0 Å². The Morgan fingerprint density at radius 3 is 2.24 bits per heavy atom. The molecule has 0 bridgehead atoms. The summed E-state index contributed by atoms with van der Waals surface area (Å²) >= 11 is 0. The van der Waals surface area contributed by atoms with Gasteiger partial charge in [-0.3, -0.25) is 9.80 Å². The molecule has 0 saturated carbocycles. The number of hydrogen-bond donors (Lipinski definition) is 1. The van der Waals surface area contributed by atoms with Gasteiger partial charge in [-0.15, -0.1) is 0 Å². The molecule has 2 fully saturated rings. The smallest absolute Gasteiger partial charge is 0.0602 e. The molecule has 0 radical (unpaired) electrons. The number of piperazine rings is 1. The molecular formula is C14H25N3. The Labute approximate surface area is 106 Å². The first-order valence-electron chi connectivity index (χ1n) is 6.72. The average Bonchev–Trinajstić information content (AvgIpc) is 2.16. The van der Waals surface area contributed by atoms with Gasteiger partial charge >= 0.3 is 0 Å². The fourth-order valence-corrected chi connectivity index (χ4v) is 2.23. The molecule has 0 spiro atoms. The van der Waals surface area contributed by atoms with E-state index in [4.69, 9.17) is 0 Å². The van der Waals surface area contributed by atoms with Crippen LogP contribution in [-0.4, -0.2) is 61.7 Å². The molecule has 2 saturated heterocycles. The molecule has 0 amide bonds. The summed E-state index contributed by atoms with van der Waals surface area (Å²) < 4.78 is 0. The van der Waals surface area contributed by atoms with E-state index >= 15 is 0 Å². The summed E-state index contributed by atoms with van der Waals surface area (Å²) in [4.78, 5) is 5.09. The highest BCUT2D eigenvalue weighted by Crippen LogP contribution is 2.11. The van der Waals surface area contributed by atoms with Crippen LogP contribution < -0.4 is 5.32 Å². The van der Waals surface area contributed by atoms with E-state index in [-0.39, 0.29) is 5.41 Å². The van der Waals surface area contributed by atoms with Crippen LogP contribution in [0.4, 0.5) is 0 Å². The molecule has 96 valence electrons. The lowest BCUT2D eigenvalue weighted by Gasteiger charge is -2.42. The van der Waals surface area contributed by atoms with Crippen LogP contribution in [0.15, 0.2) is 0 Å². The summed E-state index contributed by atoms with van der Waals surface area (Å²) in [6.07, 6.45) is 0. The number of rotatable bonds is 2. The van der Waals surface area contributed by atoms with Gasteiger partial charge in [-0.25, -0.2) is 0 Å². The largest absolute Gasteiger partial charge is 0.314 e. The van der Waals surface area contributed by atoms with Crippen LogP contribution in [0.5, 0.6) is 0 Å². The highest BCUT2D eigenvalue weighted by atomic mass is 15.3. The van der Waals surface area contributed by atoms with E-state index in [0.717, 1.165) is 12.6 Å². The molecular weight excluding hydrogens is 210 g/mol. The normalized spacial score (nSPS) is 23.9. The van der Waals surface area contributed by atoms with Gasteiger partial charge in [-0.1, -0.05) is 11.8 Å². The van der Waals surface area contributed by atoms with Crippen molar-refractivity contribution >= 4 is 0 Å². The number of nitrogens with zero attached hydrogens (tertiary/aromatic N) is 2. The molecule has 0 aromatic heterocycles. The minimum absolute atomic E-state index is 0.138. The minimum atomic E-state index is 0.138. The summed E-state index contributed by atoms with van der Waals surface area (Å²) in [5, 5.41) is 3.34. The van der Waals surface area contributed by atoms with Crippen LogP contribution in [-0.2, 0) is 0 Å². The van der Waals surface area contributed by atoms with Gasteiger partial charge in [0.05, 0.1) is 6.54 Å². The van der Waals surface area contributed by atoms with E-state index in [1.807, 2.05) is 0 Å². The molecule has 0 unspecified atom stereocenters. The van der Waals surface area contributed by atoms with Gasteiger partial charge in [0.1, 0.15) is 0 Å². The van der Waals surface area contributed by atoms with Crippen molar-refractivity contribution < 1.29 is 0 Å². The van der Waals surface area contributed by atoms with Gasteiger partial charge in [-0.05, 0) is 20.8 Å². The van der Waals surface area contributed by atoms with Crippen molar-refractivity contribution in [3.8, 4) is 11.8 Å². The van der Waals surface area contributed by atoms with Crippen molar-refractivity contribution in [3.05, 3.63) is 0 Å². The SMILES string of the molecule is CC(C)(C)C#CCN1CCN(C2CNC2)CC1. The molecule has 2 rings (SSSR count). The molecule has 2 aliphatic rings. The molecule has 0 atom stereocenters. The van der Waals surface area contributed by atoms with Gasteiger partial charge < -0.3 is 5.32 Å². The van der Waals surface area contributed by atoms with Gasteiger partial charge in [0, 0.05) is 50.7 Å². The second kappa shape index (κ2) is 5.39. The predicted octanol–water partition coefficient (Wildman–Crippen LogP) is 0.625. The Hall–Kier alpha value is -0.560. The van der Waals surface area contributed by atoms with E-state index in [2.05, 4.69) is 47.7 Å². The number of hydrogen-bond acceptors (Lipinski definition) is 3. The highest BCUT2D eigenvalue weighted by molar-refractivity contribution is 5.08. The van der Waals surface area contributed by atoms with Crippen molar-refractivity contribution in [1.29, 1.82) is 0 Å². The molecule has 0 aliphatic carbocycles. The van der Waals surface area contributed by atoms with Crippen LogP contribution in [0.2, 0.25) is 0 Å². The molecule has 3 nitrogen and oxygen atoms in total. The molecule has 0 aromatic rings. The monoisotopic (exact) mass is 235 g/mol. The fraction of sp³-hybridized carbons (Fsp3) is 0.857. The van der Waals surface area contributed by atoms with Crippen molar-refractivity contribution in [2.45, 2.75) is 26.8 Å². The zero-order valence-corrected chi connectivity index (χ0v) is 11.4.